The van der Waals surface area contributed by atoms with Gasteiger partial charge in [0.2, 0.25) is 0 Å². The van der Waals surface area contributed by atoms with E-state index in [9.17, 15) is 0 Å². The number of nitrogen functional groups attached to an aromatic ring is 1. The molecule has 0 spiro atoms. The maximum Gasteiger partial charge on any atom is 0.136 e. The zero-order valence-corrected chi connectivity index (χ0v) is 11.6. The molecule has 102 valence electrons. The third-order valence-corrected chi connectivity index (χ3v) is 3.10. The van der Waals surface area contributed by atoms with Crippen LogP contribution in [0.3, 0.4) is 0 Å². The van der Waals surface area contributed by atoms with E-state index in [1.807, 2.05) is 17.6 Å². The molecule has 2 rings (SSSR count). The Morgan fingerprint density at radius 3 is 2.90 bits per heavy atom. The van der Waals surface area contributed by atoms with Crippen LogP contribution in [0.2, 0.25) is 0 Å². The van der Waals surface area contributed by atoms with Gasteiger partial charge in [0.05, 0.1) is 12.7 Å². The number of rotatable bonds is 4. The highest BCUT2D eigenvalue weighted by Gasteiger charge is 2.14. The summed E-state index contributed by atoms with van der Waals surface area (Å²) in [5.41, 5.74) is 8.05. The van der Waals surface area contributed by atoms with Crippen molar-refractivity contribution in [3.63, 3.8) is 0 Å². The quantitative estimate of drug-likeness (QED) is 0.864. The number of allylic oxidation sites excluding steroid dienone is 1. The van der Waals surface area contributed by atoms with Crippen LogP contribution < -0.4 is 10.5 Å². The van der Waals surface area contributed by atoms with Crippen molar-refractivity contribution in [3.05, 3.63) is 42.2 Å². The van der Waals surface area contributed by atoms with E-state index in [1.165, 1.54) is 7.11 Å². The number of hydrogen-bond acceptors (Lipinski definition) is 4. The van der Waals surface area contributed by atoms with Gasteiger partial charge in [-0.2, -0.15) is 5.26 Å². The van der Waals surface area contributed by atoms with Crippen molar-refractivity contribution in [2.45, 2.75) is 13.5 Å². The molecule has 0 radical (unpaired) electrons. The molecule has 5 heteroatoms. The number of benzene rings is 1. The van der Waals surface area contributed by atoms with Crippen LogP contribution in [-0.4, -0.2) is 16.7 Å². The van der Waals surface area contributed by atoms with Gasteiger partial charge < -0.3 is 15.0 Å². The Balaban J connectivity index is 2.55. The molecular weight excluding hydrogens is 252 g/mol. The number of imidazole rings is 1. The van der Waals surface area contributed by atoms with Gasteiger partial charge in [-0.15, -0.1) is 6.58 Å². The highest BCUT2D eigenvalue weighted by atomic mass is 16.5. The van der Waals surface area contributed by atoms with Crippen molar-refractivity contribution in [2.24, 2.45) is 0 Å². The summed E-state index contributed by atoms with van der Waals surface area (Å²) >= 11 is 0. The monoisotopic (exact) mass is 268 g/mol. The SMILES string of the molecule is C=CCn1c(C)nc(-c2ccc(OC)c(C#N)c2)c1N. The number of aryl methyl sites for hydroxylation is 1. The summed E-state index contributed by atoms with van der Waals surface area (Å²) in [6, 6.07) is 7.43. The molecule has 0 aliphatic carbocycles. The molecule has 2 N–H and O–H groups in total. The van der Waals surface area contributed by atoms with Crippen LogP contribution >= 0.6 is 0 Å². The molecule has 0 unspecified atom stereocenters. The van der Waals surface area contributed by atoms with Gasteiger partial charge in [0.25, 0.3) is 0 Å². The number of nitrogens with zero attached hydrogens (tertiary/aromatic N) is 3. The number of nitrogens with two attached hydrogens (primary N) is 1. The summed E-state index contributed by atoms with van der Waals surface area (Å²) in [7, 11) is 1.53. The number of hydrogen-bond donors (Lipinski definition) is 1. The van der Waals surface area contributed by atoms with Gasteiger partial charge >= 0.3 is 0 Å². The number of nitriles is 1. The maximum atomic E-state index is 9.13. The molecule has 0 aliphatic rings. The summed E-state index contributed by atoms with van der Waals surface area (Å²) in [6.45, 7) is 6.20. The highest BCUT2D eigenvalue weighted by molar-refractivity contribution is 5.73. The van der Waals surface area contributed by atoms with E-state index in [0.717, 1.165) is 11.4 Å². The number of methoxy groups -OCH3 is 1. The fourth-order valence-corrected chi connectivity index (χ4v) is 2.10. The molecule has 0 bridgehead atoms. The molecule has 1 heterocycles. The van der Waals surface area contributed by atoms with Crippen LogP contribution in [0.15, 0.2) is 30.9 Å². The summed E-state index contributed by atoms with van der Waals surface area (Å²) in [6.07, 6.45) is 1.77. The standard InChI is InChI=1S/C15H16N4O/c1-4-7-19-10(2)18-14(15(19)17)11-5-6-13(20-3)12(8-11)9-16/h4-6,8H,1,7,17H2,2-3H3. The summed E-state index contributed by atoms with van der Waals surface area (Å²) < 4.78 is 7.01. The zero-order valence-electron chi connectivity index (χ0n) is 11.6. The number of ether oxygens (including phenoxy) is 1. The Kier molecular flexibility index (Phi) is 3.76. The summed E-state index contributed by atoms with van der Waals surface area (Å²) in [5.74, 6) is 1.92. The lowest BCUT2D eigenvalue weighted by Crippen LogP contribution is -2.03. The Morgan fingerprint density at radius 1 is 1.55 bits per heavy atom. The third kappa shape index (κ3) is 2.24. The van der Waals surface area contributed by atoms with E-state index in [0.29, 0.717) is 29.4 Å². The Morgan fingerprint density at radius 2 is 2.30 bits per heavy atom. The van der Waals surface area contributed by atoms with Crippen LogP contribution in [0.5, 0.6) is 5.75 Å². The molecule has 1 aromatic carbocycles. The van der Waals surface area contributed by atoms with Crippen molar-refractivity contribution >= 4 is 5.82 Å². The highest BCUT2D eigenvalue weighted by Crippen LogP contribution is 2.30. The Hall–Kier alpha value is -2.74. The van der Waals surface area contributed by atoms with E-state index in [4.69, 9.17) is 15.7 Å². The largest absolute Gasteiger partial charge is 0.495 e. The van der Waals surface area contributed by atoms with Crippen molar-refractivity contribution < 1.29 is 4.74 Å². The molecule has 1 aromatic heterocycles. The normalized spacial score (nSPS) is 10.1. The van der Waals surface area contributed by atoms with E-state index >= 15 is 0 Å². The van der Waals surface area contributed by atoms with Crippen molar-refractivity contribution in [2.75, 3.05) is 12.8 Å². The lowest BCUT2D eigenvalue weighted by Gasteiger charge is -2.06. The second kappa shape index (κ2) is 5.49. The molecule has 0 saturated heterocycles. The predicted molar refractivity (Wildman–Crippen MR) is 78.3 cm³/mol. The number of anilines is 1. The first-order valence-corrected chi connectivity index (χ1v) is 6.14. The van der Waals surface area contributed by atoms with Gasteiger partial charge in [0, 0.05) is 12.1 Å². The molecule has 0 fully saturated rings. The van der Waals surface area contributed by atoms with Crippen molar-refractivity contribution in [1.82, 2.24) is 9.55 Å². The van der Waals surface area contributed by atoms with Gasteiger partial charge in [-0.3, -0.25) is 0 Å². The molecule has 20 heavy (non-hydrogen) atoms. The van der Waals surface area contributed by atoms with Gasteiger partial charge in [-0.25, -0.2) is 4.98 Å². The second-order valence-corrected chi connectivity index (χ2v) is 4.32. The molecular formula is C15H16N4O. The average Bonchev–Trinajstić information content (AvgIpc) is 2.75. The van der Waals surface area contributed by atoms with Crippen LogP contribution in [0.25, 0.3) is 11.3 Å². The number of aromatic nitrogens is 2. The molecule has 5 nitrogen and oxygen atoms in total. The minimum absolute atomic E-state index is 0.459. The fourth-order valence-electron chi connectivity index (χ4n) is 2.10. The van der Waals surface area contributed by atoms with Crippen molar-refractivity contribution in [3.8, 4) is 23.1 Å². The van der Waals surface area contributed by atoms with Crippen molar-refractivity contribution in [1.29, 1.82) is 5.26 Å². The van der Waals surface area contributed by atoms with Gasteiger partial charge in [0.1, 0.15) is 29.2 Å². The Labute approximate surface area is 117 Å². The third-order valence-electron chi connectivity index (χ3n) is 3.10. The van der Waals surface area contributed by atoms with E-state index in [2.05, 4.69) is 17.6 Å². The molecule has 0 saturated carbocycles. The van der Waals surface area contributed by atoms with E-state index in [1.54, 1.807) is 18.2 Å². The van der Waals surface area contributed by atoms with Crippen LogP contribution in [-0.2, 0) is 6.54 Å². The van der Waals surface area contributed by atoms with Crippen LogP contribution in [0.1, 0.15) is 11.4 Å². The molecule has 0 aliphatic heterocycles. The maximum absolute atomic E-state index is 9.13. The topological polar surface area (TPSA) is 76.9 Å². The van der Waals surface area contributed by atoms with Gasteiger partial charge in [0.15, 0.2) is 0 Å². The first-order chi connectivity index (χ1) is 9.62. The van der Waals surface area contributed by atoms with E-state index in [-0.39, 0.29) is 0 Å². The molecule has 0 amide bonds. The fraction of sp³-hybridized carbons (Fsp3) is 0.200. The first kappa shape index (κ1) is 13.7. The average molecular weight is 268 g/mol. The van der Waals surface area contributed by atoms with Crippen LogP contribution in [0, 0.1) is 18.3 Å². The summed E-state index contributed by atoms with van der Waals surface area (Å²) in [4.78, 5) is 4.47. The minimum atomic E-state index is 0.459. The second-order valence-electron chi connectivity index (χ2n) is 4.32. The predicted octanol–water partition coefficient (Wildman–Crippen LogP) is 2.51. The summed E-state index contributed by atoms with van der Waals surface area (Å²) in [5, 5.41) is 9.13. The first-order valence-electron chi connectivity index (χ1n) is 6.14. The van der Waals surface area contributed by atoms with E-state index < -0.39 is 0 Å². The smallest absolute Gasteiger partial charge is 0.136 e. The van der Waals surface area contributed by atoms with Gasteiger partial charge in [-0.1, -0.05) is 6.08 Å². The Bertz CT molecular complexity index is 695. The van der Waals surface area contributed by atoms with Gasteiger partial charge in [-0.05, 0) is 25.1 Å². The molecule has 0 atom stereocenters. The zero-order chi connectivity index (χ0) is 14.7. The minimum Gasteiger partial charge on any atom is -0.495 e. The lowest BCUT2D eigenvalue weighted by atomic mass is 10.1. The van der Waals surface area contributed by atoms with Crippen LogP contribution in [0.4, 0.5) is 5.82 Å². The lowest BCUT2D eigenvalue weighted by molar-refractivity contribution is 0.413. The molecule has 2 aromatic rings.